The Morgan fingerprint density at radius 2 is 1.60 bits per heavy atom. The number of allylic oxidation sites excluding steroid dienone is 6. The first-order valence-corrected chi connectivity index (χ1v) is 5.69. The van der Waals surface area contributed by atoms with E-state index < -0.39 is 0 Å². The molecule has 15 heavy (non-hydrogen) atoms. The first kappa shape index (κ1) is 12.3. The Hall–Kier alpha value is -0.780. The van der Waals surface area contributed by atoms with Gasteiger partial charge in [0, 0.05) is 5.41 Å². The van der Waals surface area contributed by atoms with Gasteiger partial charge in [0.1, 0.15) is 0 Å². The van der Waals surface area contributed by atoms with Crippen LogP contribution in [-0.2, 0) is 0 Å². The fourth-order valence-electron chi connectivity index (χ4n) is 2.68. The summed E-state index contributed by atoms with van der Waals surface area (Å²) in [6.07, 6.45) is 12.6. The van der Waals surface area contributed by atoms with Crippen molar-refractivity contribution < 1.29 is 0 Å². The molecular weight excluding hydrogens is 180 g/mol. The van der Waals surface area contributed by atoms with E-state index in [1.165, 1.54) is 31.3 Å². The number of hydrogen-bond acceptors (Lipinski definition) is 0. The highest BCUT2D eigenvalue weighted by Gasteiger charge is 2.20. The summed E-state index contributed by atoms with van der Waals surface area (Å²) in [5.41, 5.74) is 4.87. The van der Waals surface area contributed by atoms with Gasteiger partial charge in [-0.1, -0.05) is 45.1 Å². The van der Waals surface area contributed by atoms with Crippen molar-refractivity contribution in [1.82, 2.24) is 0 Å². The van der Waals surface area contributed by atoms with E-state index in [0.29, 0.717) is 0 Å². The zero-order chi connectivity index (χ0) is 10.2. The van der Waals surface area contributed by atoms with E-state index in [-0.39, 0.29) is 12.8 Å². The number of rotatable bonds is 0. The van der Waals surface area contributed by atoms with E-state index in [4.69, 9.17) is 0 Å². The molecule has 0 nitrogen and oxygen atoms in total. The zero-order valence-electron chi connectivity index (χ0n) is 9.56. The van der Waals surface area contributed by atoms with E-state index >= 15 is 0 Å². The van der Waals surface area contributed by atoms with Crippen molar-refractivity contribution in [3.63, 3.8) is 0 Å². The molecule has 0 heteroatoms. The molecule has 2 aliphatic carbocycles. The SMILES string of the molecule is C.CC1=CC(C)(C)C=C2CCCCC2=C1. The molecule has 0 bridgehead atoms. The second-order valence-electron chi connectivity index (χ2n) is 5.26. The molecule has 0 saturated heterocycles. The van der Waals surface area contributed by atoms with Gasteiger partial charge in [0.25, 0.3) is 0 Å². The molecule has 0 N–H and O–H groups in total. The highest BCUT2D eigenvalue weighted by atomic mass is 14.2. The molecule has 0 aromatic carbocycles. The van der Waals surface area contributed by atoms with Crippen LogP contribution in [0.2, 0.25) is 0 Å². The molecule has 0 unspecified atom stereocenters. The number of hydrogen-bond donors (Lipinski definition) is 0. The van der Waals surface area contributed by atoms with Gasteiger partial charge in [0.15, 0.2) is 0 Å². The van der Waals surface area contributed by atoms with Crippen LogP contribution in [0.3, 0.4) is 0 Å². The van der Waals surface area contributed by atoms with Gasteiger partial charge in [0.05, 0.1) is 0 Å². The van der Waals surface area contributed by atoms with Crippen LogP contribution in [0.15, 0.2) is 34.9 Å². The molecule has 0 spiro atoms. The molecule has 0 aromatic rings. The average Bonchev–Trinajstić information content (AvgIpc) is 2.16. The second kappa shape index (κ2) is 4.38. The van der Waals surface area contributed by atoms with Crippen molar-refractivity contribution >= 4 is 0 Å². The smallest absolute Gasteiger partial charge is 0.00160 e. The summed E-state index contributed by atoms with van der Waals surface area (Å²) in [6, 6.07) is 0. The lowest BCUT2D eigenvalue weighted by Crippen LogP contribution is -2.06. The van der Waals surface area contributed by atoms with Gasteiger partial charge >= 0.3 is 0 Å². The minimum absolute atomic E-state index is 0. The quantitative estimate of drug-likeness (QED) is 0.519. The standard InChI is InChI=1S/C14H20.CH4/c1-11-8-12-6-4-5-7-13(12)10-14(2,3)9-11;/h8-10H,4-7H2,1-3H3;1H4. The van der Waals surface area contributed by atoms with Crippen molar-refractivity contribution in [1.29, 1.82) is 0 Å². The minimum Gasteiger partial charge on any atom is -0.0776 e. The van der Waals surface area contributed by atoms with Crippen LogP contribution in [0, 0.1) is 5.41 Å². The van der Waals surface area contributed by atoms with Crippen molar-refractivity contribution in [3.05, 3.63) is 34.9 Å². The maximum absolute atomic E-state index is 2.47. The second-order valence-corrected chi connectivity index (χ2v) is 5.26. The fraction of sp³-hybridized carbons (Fsp3) is 0.600. The van der Waals surface area contributed by atoms with Gasteiger partial charge in [-0.25, -0.2) is 0 Å². The van der Waals surface area contributed by atoms with Gasteiger partial charge in [-0.15, -0.1) is 0 Å². The highest BCUT2D eigenvalue weighted by molar-refractivity contribution is 5.43. The topological polar surface area (TPSA) is 0 Å². The Bertz CT molecular complexity index is 324. The lowest BCUT2D eigenvalue weighted by molar-refractivity contribution is 0.603. The van der Waals surface area contributed by atoms with E-state index in [2.05, 4.69) is 39.0 Å². The van der Waals surface area contributed by atoms with Crippen molar-refractivity contribution in [2.24, 2.45) is 5.41 Å². The first-order valence-electron chi connectivity index (χ1n) is 5.69. The summed E-state index contributed by atoms with van der Waals surface area (Å²) in [7, 11) is 0. The zero-order valence-corrected chi connectivity index (χ0v) is 9.56. The molecule has 0 heterocycles. The third kappa shape index (κ3) is 2.84. The van der Waals surface area contributed by atoms with Crippen LogP contribution in [0.4, 0.5) is 0 Å². The summed E-state index contributed by atoms with van der Waals surface area (Å²) >= 11 is 0. The van der Waals surface area contributed by atoms with Crippen LogP contribution in [0.5, 0.6) is 0 Å². The van der Waals surface area contributed by atoms with Crippen molar-refractivity contribution in [3.8, 4) is 0 Å². The molecule has 0 aliphatic heterocycles. The van der Waals surface area contributed by atoms with Gasteiger partial charge in [-0.05, 0) is 43.8 Å². The van der Waals surface area contributed by atoms with Crippen LogP contribution < -0.4 is 0 Å². The molecule has 1 fully saturated rings. The van der Waals surface area contributed by atoms with Crippen LogP contribution in [-0.4, -0.2) is 0 Å². The molecule has 2 aliphatic rings. The summed E-state index contributed by atoms with van der Waals surface area (Å²) in [5.74, 6) is 0. The van der Waals surface area contributed by atoms with Gasteiger partial charge < -0.3 is 0 Å². The Kier molecular flexibility index (Phi) is 3.59. The number of fused-ring (bicyclic) bond motifs is 1. The monoisotopic (exact) mass is 204 g/mol. The summed E-state index contributed by atoms with van der Waals surface area (Å²) in [4.78, 5) is 0. The molecule has 0 aromatic heterocycles. The van der Waals surface area contributed by atoms with Crippen LogP contribution in [0.25, 0.3) is 0 Å². The fourth-order valence-corrected chi connectivity index (χ4v) is 2.68. The first-order chi connectivity index (χ1) is 6.57. The van der Waals surface area contributed by atoms with Crippen LogP contribution >= 0.6 is 0 Å². The summed E-state index contributed by atoms with van der Waals surface area (Å²) < 4.78 is 0. The minimum atomic E-state index is 0. The normalized spacial score (nSPS) is 23.8. The van der Waals surface area contributed by atoms with Gasteiger partial charge in [0.2, 0.25) is 0 Å². The average molecular weight is 204 g/mol. The van der Waals surface area contributed by atoms with Gasteiger partial charge in [-0.2, -0.15) is 0 Å². The van der Waals surface area contributed by atoms with Crippen molar-refractivity contribution in [2.45, 2.75) is 53.9 Å². The molecule has 0 amide bonds. The lowest BCUT2D eigenvalue weighted by Gasteiger charge is -2.21. The largest absolute Gasteiger partial charge is 0.0776 e. The Morgan fingerprint density at radius 1 is 1.00 bits per heavy atom. The third-order valence-corrected chi connectivity index (χ3v) is 3.10. The predicted octanol–water partition coefficient (Wildman–Crippen LogP) is 5.04. The highest BCUT2D eigenvalue weighted by Crippen LogP contribution is 2.36. The Labute approximate surface area is 94.8 Å². The van der Waals surface area contributed by atoms with Crippen LogP contribution in [0.1, 0.15) is 53.9 Å². The summed E-state index contributed by atoms with van der Waals surface area (Å²) in [6.45, 7) is 6.82. The maximum Gasteiger partial charge on any atom is 0.00160 e. The van der Waals surface area contributed by atoms with E-state index in [0.717, 1.165) is 0 Å². The van der Waals surface area contributed by atoms with Gasteiger partial charge in [-0.3, -0.25) is 0 Å². The molecular formula is C15H24. The molecule has 1 saturated carbocycles. The third-order valence-electron chi connectivity index (χ3n) is 3.10. The maximum atomic E-state index is 2.47. The Balaban J connectivity index is 0.00000112. The van der Waals surface area contributed by atoms with E-state index in [9.17, 15) is 0 Å². The van der Waals surface area contributed by atoms with Crippen molar-refractivity contribution in [2.75, 3.05) is 0 Å². The molecule has 84 valence electrons. The van der Waals surface area contributed by atoms with E-state index in [1.807, 2.05) is 0 Å². The molecule has 0 radical (unpaired) electrons. The summed E-state index contributed by atoms with van der Waals surface area (Å²) in [5, 5.41) is 0. The Morgan fingerprint density at radius 3 is 2.27 bits per heavy atom. The predicted molar refractivity (Wildman–Crippen MR) is 68.9 cm³/mol. The lowest BCUT2D eigenvalue weighted by atomic mass is 9.84. The van der Waals surface area contributed by atoms with E-state index in [1.54, 1.807) is 11.1 Å². The molecule has 2 rings (SSSR count). The molecule has 0 atom stereocenters.